The molecule has 0 atom stereocenters. The van der Waals surface area contributed by atoms with Crippen LogP contribution in [0.5, 0.6) is 0 Å². The number of aromatic nitrogens is 1. The van der Waals surface area contributed by atoms with Gasteiger partial charge in [0.25, 0.3) is 0 Å². The van der Waals surface area contributed by atoms with Crippen LogP contribution in [0.1, 0.15) is 9.67 Å². The van der Waals surface area contributed by atoms with Gasteiger partial charge in [0.1, 0.15) is 4.88 Å². The van der Waals surface area contributed by atoms with Gasteiger partial charge in [-0.1, -0.05) is 41.1 Å². The highest BCUT2D eigenvalue weighted by Crippen LogP contribution is 2.31. The third-order valence-electron chi connectivity index (χ3n) is 2.14. The van der Waals surface area contributed by atoms with Crippen molar-refractivity contribution in [2.75, 3.05) is 11.9 Å². The zero-order valence-corrected chi connectivity index (χ0v) is 10.1. The van der Waals surface area contributed by atoms with Crippen molar-refractivity contribution >= 4 is 40.0 Å². The first-order valence-electron chi connectivity index (χ1n) is 4.62. The summed E-state index contributed by atoms with van der Waals surface area (Å²) in [4.78, 5) is 17.2. The minimum absolute atomic E-state index is 0.262. The van der Waals surface area contributed by atoms with Crippen LogP contribution >= 0.6 is 22.9 Å². The molecule has 1 aromatic heterocycles. The van der Waals surface area contributed by atoms with Gasteiger partial charge in [-0.25, -0.2) is 4.98 Å². The van der Waals surface area contributed by atoms with Crippen molar-refractivity contribution in [2.45, 2.75) is 0 Å². The number of carbonyl (C=O) groups excluding carboxylic acids is 1. The van der Waals surface area contributed by atoms with Gasteiger partial charge in [-0.2, -0.15) is 0 Å². The summed E-state index contributed by atoms with van der Waals surface area (Å²) in [6.45, 7) is 0. The minimum Gasteiger partial charge on any atom is -0.321 e. The third kappa shape index (κ3) is 2.08. The van der Waals surface area contributed by atoms with Crippen molar-refractivity contribution in [1.82, 2.24) is 4.98 Å². The molecule has 3 nitrogen and oxygen atoms in total. The molecular weight excluding hydrogens is 244 g/mol. The van der Waals surface area contributed by atoms with Crippen LogP contribution in [0.15, 0.2) is 30.3 Å². The molecule has 5 heteroatoms. The number of hydrogen-bond donors (Lipinski definition) is 0. The third-order valence-corrected chi connectivity index (χ3v) is 3.59. The van der Waals surface area contributed by atoms with Gasteiger partial charge in [-0.3, -0.25) is 4.79 Å². The SMILES string of the molecule is CN(c1ccccc1)c1nc(Cl)c(C=O)s1. The van der Waals surface area contributed by atoms with E-state index in [1.54, 1.807) is 0 Å². The Morgan fingerprint density at radius 1 is 1.38 bits per heavy atom. The summed E-state index contributed by atoms with van der Waals surface area (Å²) >= 11 is 7.10. The van der Waals surface area contributed by atoms with Gasteiger partial charge in [-0.05, 0) is 12.1 Å². The number of benzene rings is 1. The second kappa shape index (κ2) is 4.63. The topological polar surface area (TPSA) is 33.2 Å². The summed E-state index contributed by atoms with van der Waals surface area (Å²) in [7, 11) is 1.89. The first kappa shape index (κ1) is 11.1. The number of hydrogen-bond acceptors (Lipinski definition) is 4. The predicted molar refractivity (Wildman–Crippen MR) is 67.0 cm³/mol. The number of aldehydes is 1. The Morgan fingerprint density at radius 3 is 2.62 bits per heavy atom. The Labute approximate surface area is 102 Å². The van der Waals surface area contributed by atoms with E-state index in [0.29, 0.717) is 10.0 Å². The molecule has 0 saturated carbocycles. The lowest BCUT2D eigenvalue weighted by atomic mass is 10.3. The maximum absolute atomic E-state index is 10.7. The fraction of sp³-hybridized carbons (Fsp3) is 0.0909. The van der Waals surface area contributed by atoms with E-state index in [0.717, 1.165) is 12.0 Å². The van der Waals surface area contributed by atoms with Crippen molar-refractivity contribution in [1.29, 1.82) is 0 Å². The second-order valence-corrected chi connectivity index (χ2v) is 4.53. The summed E-state index contributed by atoms with van der Waals surface area (Å²) in [5.41, 5.74) is 1.00. The zero-order valence-electron chi connectivity index (χ0n) is 8.55. The number of rotatable bonds is 3. The lowest BCUT2D eigenvalue weighted by molar-refractivity contribution is 0.112. The fourth-order valence-electron chi connectivity index (χ4n) is 1.28. The zero-order chi connectivity index (χ0) is 11.5. The molecule has 0 bridgehead atoms. The van der Waals surface area contributed by atoms with Crippen LogP contribution in [0.4, 0.5) is 10.8 Å². The highest BCUT2D eigenvalue weighted by atomic mass is 35.5. The molecule has 2 aromatic rings. The van der Waals surface area contributed by atoms with Crippen LogP contribution in [0, 0.1) is 0 Å². The van der Waals surface area contributed by atoms with E-state index >= 15 is 0 Å². The van der Waals surface area contributed by atoms with Gasteiger partial charge >= 0.3 is 0 Å². The lowest BCUT2D eigenvalue weighted by Gasteiger charge is -2.14. The molecule has 0 unspecified atom stereocenters. The average Bonchev–Trinajstić information content (AvgIpc) is 2.71. The van der Waals surface area contributed by atoms with Crippen LogP contribution in [-0.4, -0.2) is 18.3 Å². The van der Waals surface area contributed by atoms with Crippen molar-refractivity contribution in [3.05, 3.63) is 40.4 Å². The van der Waals surface area contributed by atoms with Crippen molar-refractivity contribution in [2.24, 2.45) is 0 Å². The second-order valence-electron chi connectivity index (χ2n) is 3.16. The van der Waals surface area contributed by atoms with E-state index in [1.807, 2.05) is 42.3 Å². The number of para-hydroxylation sites is 1. The highest BCUT2D eigenvalue weighted by molar-refractivity contribution is 7.17. The van der Waals surface area contributed by atoms with Gasteiger partial charge in [0.15, 0.2) is 16.6 Å². The maximum atomic E-state index is 10.7. The van der Waals surface area contributed by atoms with E-state index in [4.69, 9.17) is 11.6 Å². The van der Waals surface area contributed by atoms with Gasteiger partial charge in [-0.15, -0.1) is 0 Å². The Hall–Kier alpha value is -1.39. The monoisotopic (exact) mass is 252 g/mol. The van der Waals surface area contributed by atoms with Gasteiger partial charge in [0.2, 0.25) is 0 Å². The Bertz CT molecular complexity index is 498. The van der Waals surface area contributed by atoms with Gasteiger partial charge in [0.05, 0.1) is 0 Å². The number of thiazole rings is 1. The standard InChI is InChI=1S/C11H9ClN2OS/c1-14(8-5-3-2-4-6-8)11-13-10(12)9(7-15)16-11/h2-7H,1H3. The minimum atomic E-state index is 0.262. The van der Waals surface area contributed by atoms with Crippen LogP contribution in [-0.2, 0) is 0 Å². The fourth-order valence-corrected chi connectivity index (χ4v) is 2.32. The molecule has 0 fully saturated rings. The van der Waals surface area contributed by atoms with E-state index in [9.17, 15) is 4.79 Å². The molecule has 82 valence electrons. The number of nitrogens with zero attached hydrogens (tertiary/aromatic N) is 2. The molecule has 0 spiro atoms. The predicted octanol–water partition coefficient (Wildman–Crippen LogP) is 3.38. The Morgan fingerprint density at radius 2 is 2.06 bits per heavy atom. The molecule has 0 amide bonds. The molecule has 0 aliphatic rings. The normalized spacial score (nSPS) is 10.1. The number of halogens is 1. The largest absolute Gasteiger partial charge is 0.321 e. The number of anilines is 2. The molecule has 0 N–H and O–H groups in total. The van der Waals surface area contributed by atoms with Crippen LogP contribution < -0.4 is 4.90 Å². The van der Waals surface area contributed by atoms with Crippen LogP contribution in [0.3, 0.4) is 0 Å². The quantitative estimate of drug-likeness (QED) is 0.786. The molecule has 0 aliphatic carbocycles. The molecule has 2 rings (SSSR count). The average molecular weight is 253 g/mol. The molecule has 16 heavy (non-hydrogen) atoms. The first-order valence-corrected chi connectivity index (χ1v) is 5.82. The summed E-state index contributed by atoms with van der Waals surface area (Å²) in [5, 5.41) is 0.969. The summed E-state index contributed by atoms with van der Waals surface area (Å²) in [6, 6.07) is 9.78. The smallest absolute Gasteiger partial charge is 0.191 e. The summed E-state index contributed by atoms with van der Waals surface area (Å²) in [6.07, 6.45) is 0.725. The molecule has 1 heterocycles. The van der Waals surface area contributed by atoms with Crippen molar-refractivity contribution < 1.29 is 4.79 Å². The molecule has 0 saturated heterocycles. The number of carbonyl (C=O) groups is 1. The van der Waals surface area contributed by atoms with E-state index in [-0.39, 0.29) is 5.15 Å². The maximum Gasteiger partial charge on any atom is 0.191 e. The van der Waals surface area contributed by atoms with Crippen molar-refractivity contribution in [3.63, 3.8) is 0 Å². The lowest BCUT2D eigenvalue weighted by Crippen LogP contribution is -2.08. The van der Waals surface area contributed by atoms with E-state index in [2.05, 4.69) is 4.98 Å². The van der Waals surface area contributed by atoms with E-state index in [1.165, 1.54) is 11.3 Å². The van der Waals surface area contributed by atoms with Crippen molar-refractivity contribution in [3.8, 4) is 0 Å². The van der Waals surface area contributed by atoms with Gasteiger partial charge < -0.3 is 4.90 Å². The summed E-state index contributed by atoms with van der Waals surface area (Å²) in [5.74, 6) is 0. The Kier molecular flexibility index (Phi) is 3.22. The van der Waals surface area contributed by atoms with Crippen LogP contribution in [0.25, 0.3) is 0 Å². The molecule has 0 aliphatic heterocycles. The van der Waals surface area contributed by atoms with Crippen LogP contribution in [0.2, 0.25) is 5.15 Å². The van der Waals surface area contributed by atoms with Gasteiger partial charge in [0, 0.05) is 12.7 Å². The first-order chi connectivity index (χ1) is 7.72. The molecule has 0 radical (unpaired) electrons. The molecule has 1 aromatic carbocycles. The Balaban J connectivity index is 2.34. The summed E-state index contributed by atoms with van der Waals surface area (Å²) < 4.78 is 0. The highest BCUT2D eigenvalue weighted by Gasteiger charge is 2.12. The molecular formula is C11H9ClN2OS. The van der Waals surface area contributed by atoms with E-state index < -0.39 is 0 Å².